The van der Waals surface area contributed by atoms with Crippen LogP contribution in [0, 0.1) is 5.92 Å². The average molecular weight is 329 g/mol. The van der Waals surface area contributed by atoms with Gasteiger partial charge in [0.05, 0.1) is 24.9 Å². The van der Waals surface area contributed by atoms with Gasteiger partial charge < -0.3 is 15.2 Å². The zero-order chi connectivity index (χ0) is 16.9. The summed E-state index contributed by atoms with van der Waals surface area (Å²) < 4.78 is 5.19. The first-order valence-electron chi connectivity index (χ1n) is 8.30. The Bertz CT molecular complexity index is 673. The van der Waals surface area contributed by atoms with E-state index in [0.29, 0.717) is 6.04 Å². The Labute approximate surface area is 141 Å². The molecule has 0 amide bonds. The van der Waals surface area contributed by atoms with Gasteiger partial charge in [-0.1, -0.05) is 0 Å². The molecule has 1 saturated carbocycles. The Balaban J connectivity index is 1.59. The molecule has 3 rings (SSSR count). The third-order valence-electron chi connectivity index (χ3n) is 4.75. The second-order valence-corrected chi connectivity index (χ2v) is 6.27. The molecule has 0 saturated heterocycles. The van der Waals surface area contributed by atoms with Crippen LogP contribution in [0.25, 0.3) is 11.3 Å². The molecule has 1 aromatic carbocycles. The summed E-state index contributed by atoms with van der Waals surface area (Å²) in [4.78, 5) is 11.0. The van der Waals surface area contributed by atoms with Crippen molar-refractivity contribution < 1.29 is 14.6 Å². The molecule has 0 radical (unpaired) electrons. The van der Waals surface area contributed by atoms with Crippen LogP contribution in [-0.4, -0.2) is 34.4 Å². The molecule has 1 fully saturated rings. The van der Waals surface area contributed by atoms with Crippen molar-refractivity contribution in [2.24, 2.45) is 5.92 Å². The molecule has 1 aliphatic carbocycles. The van der Waals surface area contributed by atoms with Crippen LogP contribution in [0.4, 0.5) is 0 Å². The molecule has 0 bridgehead atoms. The highest BCUT2D eigenvalue weighted by atomic mass is 16.5. The maximum atomic E-state index is 11.0. The number of benzene rings is 1. The van der Waals surface area contributed by atoms with E-state index in [9.17, 15) is 4.79 Å². The van der Waals surface area contributed by atoms with Crippen LogP contribution in [0.15, 0.2) is 30.5 Å². The van der Waals surface area contributed by atoms with Crippen LogP contribution in [0.2, 0.25) is 0 Å². The van der Waals surface area contributed by atoms with E-state index < -0.39 is 5.97 Å². The maximum Gasteiger partial charge on any atom is 0.306 e. The van der Waals surface area contributed by atoms with Crippen LogP contribution in [0.1, 0.15) is 31.2 Å². The molecule has 0 spiro atoms. The largest absolute Gasteiger partial charge is 0.497 e. The van der Waals surface area contributed by atoms with Crippen LogP contribution in [-0.2, 0) is 11.3 Å². The molecule has 0 atom stereocenters. The van der Waals surface area contributed by atoms with E-state index in [0.717, 1.165) is 54.8 Å². The molecule has 0 aliphatic heterocycles. The van der Waals surface area contributed by atoms with Crippen molar-refractivity contribution in [1.82, 2.24) is 15.5 Å². The number of carboxylic acids is 1. The fraction of sp³-hybridized carbons (Fsp3) is 0.444. The molecule has 24 heavy (non-hydrogen) atoms. The lowest BCUT2D eigenvalue weighted by molar-refractivity contribution is -0.142. The number of nitrogens with zero attached hydrogens (tertiary/aromatic N) is 1. The summed E-state index contributed by atoms with van der Waals surface area (Å²) in [5, 5.41) is 19.8. The summed E-state index contributed by atoms with van der Waals surface area (Å²) in [5.41, 5.74) is 3.18. The third-order valence-corrected chi connectivity index (χ3v) is 4.75. The first-order chi connectivity index (χ1) is 11.7. The zero-order valence-corrected chi connectivity index (χ0v) is 13.8. The monoisotopic (exact) mass is 329 g/mol. The van der Waals surface area contributed by atoms with Gasteiger partial charge >= 0.3 is 5.97 Å². The van der Waals surface area contributed by atoms with Crippen LogP contribution in [0.5, 0.6) is 5.75 Å². The number of carboxylic acid groups (broad SMARTS) is 1. The normalized spacial score (nSPS) is 20.7. The van der Waals surface area contributed by atoms with Gasteiger partial charge in [0.1, 0.15) is 5.75 Å². The van der Waals surface area contributed by atoms with E-state index in [2.05, 4.69) is 15.5 Å². The van der Waals surface area contributed by atoms with Crippen molar-refractivity contribution >= 4 is 5.97 Å². The number of aliphatic carboxylic acids is 1. The topological polar surface area (TPSA) is 87.2 Å². The number of ether oxygens (including phenoxy) is 1. The summed E-state index contributed by atoms with van der Waals surface area (Å²) in [6, 6.07) is 8.25. The minimum absolute atomic E-state index is 0.174. The van der Waals surface area contributed by atoms with Crippen LogP contribution < -0.4 is 10.1 Å². The highest BCUT2D eigenvalue weighted by molar-refractivity contribution is 5.70. The fourth-order valence-electron chi connectivity index (χ4n) is 3.25. The maximum absolute atomic E-state index is 11.0. The van der Waals surface area contributed by atoms with Gasteiger partial charge in [-0.3, -0.25) is 9.89 Å². The van der Waals surface area contributed by atoms with E-state index in [1.54, 1.807) is 7.11 Å². The summed E-state index contributed by atoms with van der Waals surface area (Å²) in [5.74, 6) is -0.00922. The summed E-state index contributed by atoms with van der Waals surface area (Å²) in [6.07, 6.45) is 5.17. The smallest absolute Gasteiger partial charge is 0.306 e. The molecule has 2 aromatic rings. The number of H-pyrrole nitrogens is 1. The lowest BCUT2D eigenvalue weighted by Crippen LogP contribution is -2.34. The van der Waals surface area contributed by atoms with E-state index in [1.807, 2.05) is 30.5 Å². The second-order valence-electron chi connectivity index (χ2n) is 6.27. The minimum atomic E-state index is -0.662. The molecule has 1 heterocycles. The Kier molecular flexibility index (Phi) is 5.15. The molecule has 1 aromatic heterocycles. The van der Waals surface area contributed by atoms with Crippen molar-refractivity contribution in [3.05, 3.63) is 36.0 Å². The molecule has 3 N–H and O–H groups in total. The van der Waals surface area contributed by atoms with Crippen molar-refractivity contribution in [3.63, 3.8) is 0 Å². The molecule has 6 heteroatoms. The molecule has 128 valence electrons. The van der Waals surface area contributed by atoms with E-state index in [1.165, 1.54) is 0 Å². The first kappa shape index (κ1) is 16.5. The third kappa shape index (κ3) is 3.76. The zero-order valence-electron chi connectivity index (χ0n) is 13.8. The quantitative estimate of drug-likeness (QED) is 0.758. The number of rotatable bonds is 6. The number of carbonyl (C=O) groups is 1. The van der Waals surface area contributed by atoms with Gasteiger partial charge in [0.25, 0.3) is 0 Å². The van der Waals surface area contributed by atoms with Gasteiger partial charge in [0.15, 0.2) is 0 Å². The number of hydrogen-bond acceptors (Lipinski definition) is 4. The number of hydrogen-bond donors (Lipinski definition) is 3. The molecular formula is C18H23N3O3. The molecule has 6 nitrogen and oxygen atoms in total. The first-order valence-corrected chi connectivity index (χ1v) is 8.30. The summed E-state index contributed by atoms with van der Waals surface area (Å²) >= 11 is 0. The predicted molar refractivity (Wildman–Crippen MR) is 90.8 cm³/mol. The standard InChI is InChI=1S/C18H23N3O3/c1-24-16-8-4-12(5-9-16)17-14(11-20-21-17)10-19-15-6-2-13(3-7-15)18(22)23/h4-5,8-9,11,13,15,19H,2-3,6-7,10H2,1H3,(H,20,21)(H,22,23). The van der Waals surface area contributed by atoms with Gasteiger partial charge in [0.2, 0.25) is 0 Å². The van der Waals surface area contributed by atoms with Crippen LogP contribution in [0.3, 0.4) is 0 Å². The lowest BCUT2D eigenvalue weighted by Gasteiger charge is -2.26. The van der Waals surface area contributed by atoms with Gasteiger partial charge in [-0.25, -0.2) is 0 Å². The van der Waals surface area contributed by atoms with Gasteiger partial charge in [0, 0.05) is 23.7 Å². The Hall–Kier alpha value is -2.34. The second kappa shape index (κ2) is 7.49. The molecular weight excluding hydrogens is 306 g/mol. The molecule has 1 aliphatic rings. The van der Waals surface area contributed by atoms with E-state index >= 15 is 0 Å². The number of aromatic amines is 1. The highest BCUT2D eigenvalue weighted by Gasteiger charge is 2.25. The predicted octanol–water partition coefficient (Wildman–Crippen LogP) is 2.82. The van der Waals surface area contributed by atoms with Gasteiger partial charge in [-0.05, 0) is 49.9 Å². The number of nitrogens with one attached hydrogen (secondary N) is 2. The van der Waals surface area contributed by atoms with E-state index in [-0.39, 0.29) is 5.92 Å². The number of methoxy groups -OCH3 is 1. The van der Waals surface area contributed by atoms with Crippen molar-refractivity contribution in [2.45, 2.75) is 38.3 Å². The average Bonchev–Trinajstić information content (AvgIpc) is 3.09. The van der Waals surface area contributed by atoms with Crippen molar-refractivity contribution in [1.29, 1.82) is 0 Å². The Morgan fingerprint density at radius 3 is 2.62 bits per heavy atom. The summed E-state index contributed by atoms with van der Waals surface area (Å²) in [6.45, 7) is 0.722. The van der Waals surface area contributed by atoms with E-state index in [4.69, 9.17) is 9.84 Å². The lowest BCUT2D eigenvalue weighted by atomic mass is 9.86. The fourth-order valence-corrected chi connectivity index (χ4v) is 3.25. The Morgan fingerprint density at radius 1 is 1.29 bits per heavy atom. The highest BCUT2D eigenvalue weighted by Crippen LogP contribution is 2.26. The van der Waals surface area contributed by atoms with Gasteiger partial charge in [-0.15, -0.1) is 0 Å². The minimum Gasteiger partial charge on any atom is -0.497 e. The Morgan fingerprint density at radius 2 is 2.00 bits per heavy atom. The summed E-state index contributed by atoms with van der Waals surface area (Å²) in [7, 11) is 1.65. The molecule has 0 unspecified atom stereocenters. The van der Waals surface area contributed by atoms with Crippen LogP contribution >= 0.6 is 0 Å². The number of aromatic nitrogens is 2. The SMILES string of the molecule is COc1ccc(-c2[nH]ncc2CNC2CCC(C(=O)O)CC2)cc1. The van der Waals surface area contributed by atoms with Crippen molar-refractivity contribution in [2.75, 3.05) is 7.11 Å². The van der Waals surface area contributed by atoms with Gasteiger partial charge in [-0.2, -0.15) is 5.10 Å². The van der Waals surface area contributed by atoms with Crippen molar-refractivity contribution in [3.8, 4) is 17.0 Å².